The van der Waals surface area contributed by atoms with E-state index >= 15 is 0 Å². The fourth-order valence-electron chi connectivity index (χ4n) is 2.32. The van der Waals surface area contributed by atoms with E-state index in [0.717, 1.165) is 0 Å². The molecule has 0 aliphatic rings. The van der Waals surface area contributed by atoms with E-state index in [1.165, 1.54) is 18.7 Å². The summed E-state index contributed by atoms with van der Waals surface area (Å²) in [5, 5.41) is 25.9. The molecule has 4 atom stereocenters. The van der Waals surface area contributed by atoms with Crippen LogP contribution in [0.1, 0.15) is 32.6 Å². The number of thioether (sulfide) groups is 1. The molecule has 0 aromatic carbocycles. The molecule has 0 saturated heterocycles. The Bertz CT molecular complexity index is 548. The lowest BCUT2D eigenvalue weighted by Crippen LogP contribution is -2.57. The van der Waals surface area contributed by atoms with Gasteiger partial charge in [0.2, 0.25) is 17.7 Å². The Morgan fingerprint density at radius 1 is 1.07 bits per heavy atom. The van der Waals surface area contributed by atoms with Crippen LogP contribution in [0, 0.1) is 0 Å². The summed E-state index contributed by atoms with van der Waals surface area (Å²) < 4.78 is 0. The highest BCUT2D eigenvalue weighted by Gasteiger charge is 2.28. The van der Waals surface area contributed by atoms with Crippen LogP contribution in [-0.4, -0.2) is 83.2 Å². The van der Waals surface area contributed by atoms with E-state index in [1.807, 2.05) is 6.26 Å². The third kappa shape index (κ3) is 11.6. The highest BCUT2D eigenvalue weighted by atomic mass is 32.2. The zero-order chi connectivity index (χ0) is 22.4. The first kappa shape index (κ1) is 27.1. The van der Waals surface area contributed by atoms with Gasteiger partial charge in [-0.25, -0.2) is 4.79 Å². The number of carboxylic acids is 1. The zero-order valence-corrected chi connectivity index (χ0v) is 17.7. The molecule has 0 bridgehead atoms. The van der Waals surface area contributed by atoms with Crippen LogP contribution in [0.25, 0.3) is 0 Å². The van der Waals surface area contributed by atoms with Crippen LogP contribution in [0.15, 0.2) is 0 Å². The zero-order valence-electron chi connectivity index (χ0n) is 16.8. The molecule has 0 spiro atoms. The Balaban J connectivity index is 4.64. The maximum atomic E-state index is 12.3. The van der Waals surface area contributed by atoms with Gasteiger partial charge in [-0.05, 0) is 44.7 Å². The van der Waals surface area contributed by atoms with Crippen molar-refractivity contribution in [2.75, 3.05) is 25.1 Å². The molecule has 0 aliphatic heterocycles. The van der Waals surface area contributed by atoms with Crippen LogP contribution < -0.4 is 27.4 Å². The summed E-state index contributed by atoms with van der Waals surface area (Å²) in [6, 6.07) is -3.22. The van der Waals surface area contributed by atoms with Crippen molar-refractivity contribution in [1.29, 1.82) is 0 Å². The van der Waals surface area contributed by atoms with Gasteiger partial charge in [-0.3, -0.25) is 14.4 Å². The molecule has 0 aromatic rings. The van der Waals surface area contributed by atoms with Crippen LogP contribution in [0.4, 0.5) is 0 Å². The number of aliphatic carboxylic acids is 1. The van der Waals surface area contributed by atoms with Crippen molar-refractivity contribution < 1.29 is 29.4 Å². The average Bonchev–Trinajstić information content (AvgIpc) is 2.66. The van der Waals surface area contributed by atoms with Crippen molar-refractivity contribution in [2.24, 2.45) is 11.5 Å². The molecule has 4 unspecified atom stereocenters. The first-order valence-electron chi connectivity index (χ1n) is 9.36. The number of nitrogens with one attached hydrogen (secondary N) is 3. The lowest BCUT2D eigenvalue weighted by atomic mass is 10.1. The van der Waals surface area contributed by atoms with Crippen LogP contribution >= 0.6 is 11.8 Å². The predicted octanol–water partition coefficient (Wildman–Crippen LogP) is -2.25. The molecule has 0 heterocycles. The van der Waals surface area contributed by atoms with E-state index in [-0.39, 0.29) is 6.42 Å². The van der Waals surface area contributed by atoms with Gasteiger partial charge in [0.15, 0.2) is 0 Å². The molecule has 3 amide bonds. The molecular weight excluding hydrogens is 402 g/mol. The Hall–Kier alpha value is -1.89. The number of rotatable bonds is 15. The van der Waals surface area contributed by atoms with E-state index in [9.17, 15) is 24.3 Å². The van der Waals surface area contributed by atoms with Gasteiger partial charge >= 0.3 is 5.97 Å². The summed E-state index contributed by atoms with van der Waals surface area (Å²) in [7, 11) is 0. The second-order valence-electron chi connectivity index (χ2n) is 6.58. The summed E-state index contributed by atoms with van der Waals surface area (Å²) in [4.78, 5) is 47.4. The van der Waals surface area contributed by atoms with Crippen LogP contribution in [0.2, 0.25) is 0 Å². The molecule has 0 saturated carbocycles. The molecule has 12 heteroatoms. The molecule has 168 valence electrons. The quantitative estimate of drug-likeness (QED) is 0.139. The normalized spacial score (nSPS) is 14.9. The fraction of sp³-hybridized carbons (Fsp3) is 0.765. The number of nitrogens with two attached hydrogens (primary N) is 2. The van der Waals surface area contributed by atoms with Crippen molar-refractivity contribution in [2.45, 2.75) is 56.8 Å². The molecule has 11 nitrogen and oxygen atoms in total. The number of carbonyl (C=O) groups excluding carboxylic acids is 3. The minimum Gasteiger partial charge on any atom is -0.480 e. The summed E-state index contributed by atoms with van der Waals surface area (Å²) in [6.07, 6.45) is 2.57. The molecule has 0 rings (SSSR count). The molecule has 0 aromatic heterocycles. The van der Waals surface area contributed by atoms with Gasteiger partial charge < -0.3 is 37.6 Å². The predicted molar refractivity (Wildman–Crippen MR) is 110 cm³/mol. The molecular formula is C17H33N5O6S. The van der Waals surface area contributed by atoms with Crippen LogP contribution in [-0.2, 0) is 19.2 Å². The number of amides is 3. The fourth-order valence-corrected chi connectivity index (χ4v) is 2.79. The van der Waals surface area contributed by atoms with Gasteiger partial charge in [0.05, 0.1) is 18.7 Å². The van der Waals surface area contributed by atoms with Crippen molar-refractivity contribution in [1.82, 2.24) is 16.0 Å². The van der Waals surface area contributed by atoms with Gasteiger partial charge in [-0.2, -0.15) is 11.8 Å². The second kappa shape index (κ2) is 15.0. The third-order valence-corrected chi connectivity index (χ3v) is 4.68. The summed E-state index contributed by atoms with van der Waals surface area (Å²) in [5.74, 6) is -2.70. The lowest BCUT2D eigenvalue weighted by molar-refractivity contribution is -0.141. The average molecular weight is 436 g/mol. The standard InChI is InChI=1S/C17H33N5O6S/c1-10(23)14(22-15(25)11(19)5-3-4-7-18)16(26)20-9-13(24)21-12(17(27)28)6-8-29-2/h10-12,14,23H,3-9,18-19H2,1-2H3,(H,20,26)(H,21,24)(H,22,25)(H,27,28). The maximum Gasteiger partial charge on any atom is 0.326 e. The first-order chi connectivity index (χ1) is 13.6. The highest BCUT2D eigenvalue weighted by molar-refractivity contribution is 7.98. The Morgan fingerprint density at radius 3 is 2.24 bits per heavy atom. The van der Waals surface area contributed by atoms with Crippen LogP contribution in [0.3, 0.4) is 0 Å². The number of aliphatic hydroxyl groups is 1. The Morgan fingerprint density at radius 2 is 1.72 bits per heavy atom. The number of hydrogen-bond donors (Lipinski definition) is 7. The van der Waals surface area contributed by atoms with Crippen molar-refractivity contribution in [3.8, 4) is 0 Å². The molecule has 29 heavy (non-hydrogen) atoms. The summed E-state index contributed by atoms with van der Waals surface area (Å²) in [6.45, 7) is 1.30. The van der Waals surface area contributed by atoms with E-state index in [1.54, 1.807) is 0 Å². The smallest absolute Gasteiger partial charge is 0.326 e. The summed E-state index contributed by atoms with van der Waals surface area (Å²) in [5.41, 5.74) is 11.1. The Kier molecular flexibility index (Phi) is 14.0. The van der Waals surface area contributed by atoms with Gasteiger partial charge in [0.1, 0.15) is 12.1 Å². The lowest BCUT2D eigenvalue weighted by Gasteiger charge is -2.23. The van der Waals surface area contributed by atoms with Gasteiger partial charge in [-0.1, -0.05) is 6.42 Å². The van der Waals surface area contributed by atoms with Crippen molar-refractivity contribution in [3.05, 3.63) is 0 Å². The monoisotopic (exact) mass is 435 g/mol. The van der Waals surface area contributed by atoms with E-state index in [2.05, 4.69) is 16.0 Å². The van der Waals surface area contributed by atoms with Gasteiger partial charge in [0.25, 0.3) is 0 Å². The number of carboxylic acid groups (broad SMARTS) is 1. The minimum atomic E-state index is -1.30. The summed E-state index contributed by atoms with van der Waals surface area (Å²) >= 11 is 1.44. The number of hydrogen-bond acceptors (Lipinski definition) is 8. The highest BCUT2D eigenvalue weighted by Crippen LogP contribution is 2.02. The first-order valence-corrected chi connectivity index (χ1v) is 10.8. The third-order valence-electron chi connectivity index (χ3n) is 4.04. The number of unbranched alkanes of at least 4 members (excludes halogenated alkanes) is 1. The molecule has 0 aliphatic carbocycles. The number of aliphatic hydroxyl groups excluding tert-OH is 1. The van der Waals surface area contributed by atoms with E-state index in [4.69, 9.17) is 16.6 Å². The van der Waals surface area contributed by atoms with Crippen molar-refractivity contribution >= 4 is 35.5 Å². The molecule has 0 fully saturated rings. The maximum absolute atomic E-state index is 12.3. The van der Waals surface area contributed by atoms with Gasteiger partial charge in [-0.15, -0.1) is 0 Å². The number of carbonyl (C=O) groups is 4. The molecule has 0 radical (unpaired) electrons. The van der Waals surface area contributed by atoms with Crippen LogP contribution in [0.5, 0.6) is 0 Å². The topological polar surface area (TPSA) is 197 Å². The van der Waals surface area contributed by atoms with Crippen molar-refractivity contribution in [3.63, 3.8) is 0 Å². The molecule has 9 N–H and O–H groups in total. The van der Waals surface area contributed by atoms with Gasteiger partial charge in [0, 0.05) is 0 Å². The SMILES string of the molecule is CSCCC(NC(=O)CNC(=O)C(NC(=O)C(N)CCCCN)C(C)O)C(=O)O. The Labute approximate surface area is 174 Å². The minimum absolute atomic E-state index is 0.241. The second-order valence-corrected chi connectivity index (χ2v) is 7.56. The van der Waals surface area contributed by atoms with E-state index in [0.29, 0.717) is 31.6 Å². The largest absolute Gasteiger partial charge is 0.480 e. The van der Waals surface area contributed by atoms with E-state index < -0.39 is 54.5 Å².